The van der Waals surface area contributed by atoms with E-state index in [-0.39, 0.29) is 18.2 Å². The summed E-state index contributed by atoms with van der Waals surface area (Å²) in [6.45, 7) is 0.249. The van der Waals surface area contributed by atoms with Crippen molar-refractivity contribution in [2.45, 2.75) is 11.4 Å². The molecule has 0 bridgehead atoms. The van der Waals surface area contributed by atoms with Crippen molar-refractivity contribution >= 4 is 21.0 Å². The molecule has 2 heterocycles. The van der Waals surface area contributed by atoms with Crippen LogP contribution in [0.1, 0.15) is 5.76 Å². The second-order valence-corrected chi connectivity index (χ2v) is 7.57. The first-order valence-electron chi connectivity index (χ1n) is 7.37. The molecule has 3 aromatic rings. The van der Waals surface area contributed by atoms with Crippen LogP contribution in [-0.2, 0) is 16.6 Å². The van der Waals surface area contributed by atoms with Gasteiger partial charge < -0.3 is 13.9 Å². The third kappa shape index (κ3) is 2.51. The fraction of sp³-hybridized carbons (Fsp3) is 0.176. The van der Waals surface area contributed by atoms with Gasteiger partial charge in [-0.05, 0) is 24.3 Å². The molecule has 0 N–H and O–H groups in total. The molecule has 0 radical (unpaired) electrons. The summed E-state index contributed by atoms with van der Waals surface area (Å²) in [6, 6.07) is 14.0. The van der Waals surface area contributed by atoms with Crippen LogP contribution in [0.3, 0.4) is 0 Å². The number of sulfonamides is 1. The Kier molecular flexibility index (Phi) is 3.47. The summed E-state index contributed by atoms with van der Waals surface area (Å²) in [6.07, 6.45) is 0. The maximum atomic E-state index is 12.7. The molecule has 4 rings (SSSR count). The van der Waals surface area contributed by atoms with Crippen LogP contribution in [0.25, 0.3) is 11.0 Å². The highest BCUT2D eigenvalue weighted by Crippen LogP contribution is 2.34. The van der Waals surface area contributed by atoms with Gasteiger partial charge in [0.05, 0.1) is 11.4 Å². The third-order valence-corrected chi connectivity index (χ3v) is 5.71. The van der Waals surface area contributed by atoms with Gasteiger partial charge >= 0.3 is 0 Å². The van der Waals surface area contributed by atoms with E-state index in [0.717, 1.165) is 11.0 Å². The van der Waals surface area contributed by atoms with Crippen molar-refractivity contribution in [3.63, 3.8) is 0 Å². The van der Waals surface area contributed by atoms with E-state index in [1.54, 1.807) is 6.07 Å². The molecule has 24 heavy (non-hydrogen) atoms. The van der Waals surface area contributed by atoms with E-state index in [9.17, 15) is 8.42 Å². The van der Waals surface area contributed by atoms with Crippen molar-refractivity contribution in [3.05, 3.63) is 54.3 Å². The molecule has 2 aromatic carbocycles. The minimum absolute atomic E-state index is 0.105. The minimum atomic E-state index is -3.66. The van der Waals surface area contributed by atoms with Gasteiger partial charge in [0.15, 0.2) is 11.5 Å². The number of benzene rings is 2. The topological polar surface area (TPSA) is 69.0 Å². The molecule has 1 aliphatic heterocycles. The molecule has 0 aliphatic carbocycles. The van der Waals surface area contributed by atoms with Crippen LogP contribution in [0.5, 0.6) is 11.5 Å². The minimum Gasteiger partial charge on any atom is -0.460 e. The van der Waals surface area contributed by atoms with Gasteiger partial charge in [0, 0.05) is 18.5 Å². The Balaban J connectivity index is 1.61. The predicted octanol–water partition coefficient (Wildman–Crippen LogP) is 2.98. The SMILES string of the molecule is CN(Cc1cc2ccccc2o1)S(=O)(=O)c1ccc2c(c1)OCO2. The first-order chi connectivity index (χ1) is 11.5. The Hall–Kier alpha value is -2.51. The van der Waals surface area contributed by atoms with E-state index in [4.69, 9.17) is 13.9 Å². The average molecular weight is 345 g/mol. The summed E-state index contributed by atoms with van der Waals surface area (Å²) in [5, 5.41) is 0.946. The quantitative estimate of drug-likeness (QED) is 0.727. The molecule has 1 aromatic heterocycles. The number of nitrogens with zero attached hydrogens (tertiary/aromatic N) is 1. The summed E-state index contributed by atoms with van der Waals surface area (Å²) in [5.41, 5.74) is 0.737. The molecule has 0 spiro atoms. The second kappa shape index (κ2) is 5.54. The molecule has 0 saturated heterocycles. The highest BCUT2D eigenvalue weighted by molar-refractivity contribution is 7.89. The zero-order chi connectivity index (χ0) is 16.7. The Labute approximate surface area is 139 Å². The maximum absolute atomic E-state index is 12.7. The Morgan fingerprint density at radius 3 is 2.67 bits per heavy atom. The zero-order valence-electron chi connectivity index (χ0n) is 12.9. The molecule has 0 fully saturated rings. The number of hydrogen-bond donors (Lipinski definition) is 0. The van der Waals surface area contributed by atoms with Crippen LogP contribution in [0.4, 0.5) is 0 Å². The molecule has 0 saturated carbocycles. The summed E-state index contributed by atoms with van der Waals surface area (Å²) >= 11 is 0. The number of furan rings is 1. The molecule has 124 valence electrons. The molecule has 7 heteroatoms. The summed E-state index contributed by atoms with van der Waals surface area (Å²) < 4.78 is 42.9. The van der Waals surface area contributed by atoms with Crippen LogP contribution in [0.15, 0.2) is 57.8 Å². The van der Waals surface area contributed by atoms with Gasteiger partial charge in [-0.2, -0.15) is 4.31 Å². The van der Waals surface area contributed by atoms with Crippen LogP contribution in [0.2, 0.25) is 0 Å². The van der Waals surface area contributed by atoms with E-state index in [2.05, 4.69) is 0 Å². The molecular formula is C17H15NO5S. The lowest BCUT2D eigenvalue weighted by Gasteiger charge is -2.16. The van der Waals surface area contributed by atoms with Gasteiger partial charge in [-0.25, -0.2) is 8.42 Å². The van der Waals surface area contributed by atoms with Gasteiger partial charge in [-0.1, -0.05) is 18.2 Å². The lowest BCUT2D eigenvalue weighted by atomic mass is 10.2. The molecule has 0 atom stereocenters. The van der Waals surface area contributed by atoms with Gasteiger partial charge in [-0.15, -0.1) is 0 Å². The van der Waals surface area contributed by atoms with Gasteiger partial charge in [0.25, 0.3) is 0 Å². The fourth-order valence-electron chi connectivity index (χ4n) is 2.64. The molecule has 6 nitrogen and oxygen atoms in total. The largest absolute Gasteiger partial charge is 0.460 e. The van der Waals surface area contributed by atoms with Gasteiger partial charge in [-0.3, -0.25) is 0 Å². The molecule has 1 aliphatic rings. The van der Waals surface area contributed by atoms with Crippen LogP contribution < -0.4 is 9.47 Å². The zero-order valence-corrected chi connectivity index (χ0v) is 13.7. The highest BCUT2D eigenvalue weighted by Gasteiger charge is 2.25. The van der Waals surface area contributed by atoms with Crippen LogP contribution >= 0.6 is 0 Å². The van der Waals surface area contributed by atoms with E-state index < -0.39 is 10.0 Å². The Bertz CT molecular complexity index is 976. The van der Waals surface area contributed by atoms with E-state index in [1.807, 2.05) is 30.3 Å². The van der Waals surface area contributed by atoms with Gasteiger partial charge in [0.1, 0.15) is 11.3 Å². The average Bonchev–Trinajstić information content (AvgIpc) is 3.19. The normalized spacial score (nSPS) is 13.8. The third-order valence-electron chi connectivity index (χ3n) is 3.91. The first-order valence-corrected chi connectivity index (χ1v) is 8.81. The van der Waals surface area contributed by atoms with E-state index >= 15 is 0 Å². The molecular weight excluding hydrogens is 330 g/mol. The van der Waals surface area contributed by atoms with Crippen molar-refractivity contribution in [1.29, 1.82) is 0 Å². The molecule has 0 unspecified atom stereocenters. The van der Waals surface area contributed by atoms with Crippen LogP contribution in [-0.4, -0.2) is 26.6 Å². The predicted molar refractivity (Wildman–Crippen MR) is 87.4 cm³/mol. The van der Waals surface area contributed by atoms with Crippen molar-refractivity contribution in [2.75, 3.05) is 13.8 Å². The van der Waals surface area contributed by atoms with Crippen molar-refractivity contribution in [1.82, 2.24) is 4.31 Å². The maximum Gasteiger partial charge on any atom is 0.243 e. The van der Waals surface area contributed by atoms with E-state index in [0.29, 0.717) is 17.3 Å². The Morgan fingerprint density at radius 1 is 1.04 bits per heavy atom. The molecule has 0 amide bonds. The van der Waals surface area contributed by atoms with Crippen molar-refractivity contribution in [3.8, 4) is 11.5 Å². The Morgan fingerprint density at radius 2 is 1.83 bits per heavy atom. The highest BCUT2D eigenvalue weighted by atomic mass is 32.2. The fourth-order valence-corrected chi connectivity index (χ4v) is 3.79. The van der Waals surface area contributed by atoms with Crippen molar-refractivity contribution in [2.24, 2.45) is 0 Å². The van der Waals surface area contributed by atoms with E-state index in [1.165, 1.54) is 23.5 Å². The number of ether oxygens (including phenoxy) is 2. The smallest absolute Gasteiger partial charge is 0.243 e. The van der Waals surface area contributed by atoms with Gasteiger partial charge in [0.2, 0.25) is 16.8 Å². The standard InChI is InChI=1S/C17H15NO5S/c1-18(10-13-8-12-4-2-3-5-15(12)23-13)24(19,20)14-6-7-16-17(9-14)22-11-21-16/h2-9H,10-11H2,1H3. The summed E-state index contributed by atoms with van der Waals surface area (Å²) in [5.74, 6) is 1.57. The number of para-hydroxylation sites is 1. The van der Waals surface area contributed by atoms with Crippen LogP contribution in [0, 0.1) is 0 Å². The first kappa shape index (κ1) is 15.0. The summed E-state index contributed by atoms with van der Waals surface area (Å²) in [4.78, 5) is 0.158. The van der Waals surface area contributed by atoms with Crippen molar-refractivity contribution < 1.29 is 22.3 Å². The second-order valence-electron chi connectivity index (χ2n) is 5.53. The lowest BCUT2D eigenvalue weighted by molar-refractivity contribution is 0.174. The summed E-state index contributed by atoms with van der Waals surface area (Å²) in [7, 11) is -2.14. The monoisotopic (exact) mass is 345 g/mol. The number of fused-ring (bicyclic) bond motifs is 2. The lowest BCUT2D eigenvalue weighted by Crippen LogP contribution is -2.26. The number of hydrogen-bond acceptors (Lipinski definition) is 5. The number of rotatable bonds is 4.